The zero-order chi connectivity index (χ0) is 36.8. The molecule has 0 saturated heterocycles. The van der Waals surface area contributed by atoms with E-state index in [-0.39, 0.29) is 6.10 Å². The molecule has 2 heteroatoms. The molecule has 0 amide bonds. The van der Waals surface area contributed by atoms with E-state index >= 15 is 0 Å². The highest BCUT2D eigenvalue weighted by Crippen LogP contribution is 2.33. The molecule has 50 heavy (non-hydrogen) atoms. The van der Waals surface area contributed by atoms with Gasteiger partial charge in [0.1, 0.15) is 0 Å². The summed E-state index contributed by atoms with van der Waals surface area (Å²) >= 11 is 0. The smallest absolute Gasteiger partial charge is 0.0801 e. The van der Waals surface area contributed by atoms with Crippen LogP contribution in [0.25, 0.3) is 0 Å². The fourth-order valence-electron chi connectivity index (χ4n) is 8.23. The van der Waals surface area contributed by atoms with Gasteiger partial charge in [0.05, 0.1) is 18.8 Å². The first-order valence-electron chi connectivity index (χ1n) is 20.4. The van der Waals surface area contributed by atoms with Gasteiger partial charge in [-0.25, -0.2) is 0 Å². The molecule has 1 aromatic carbocycles. The third kappa shape index (κ3) is 12.4. The van der Waals surface area contributed by atoms with Crippen molar-refractivity contribution < 1.29 is 9.84 Å². The molecule has 6 unspecified atom stereocenters. The average molecular weight is 683 g/mol. The summed E-state index contributed by atoms with van der Waals surface area (Å²) in [6.07, 6.45) is 22.3. The highest BCUT2D eigenvalue weighted by atomic mass is 16.5. The van der Waals surface area contributed by atoms with E-state index in [0.717, 1.165) is 57.8 Å². The molecule has 6 atom stereocenters. The first kappa shape index (κ1) is 42.0. The molecule has 1 aromatic rings. The number of aryl methyl sites for hydroxylation is 1. The molecule has 0 radical (unpaired) electrons. The van der Waals surface area contributed by atoms with Crippen molar-refractivity contribution in [2.75, 3.05) is 6.61 Å². The molecule has 0 aliphatic heterocycles. The van der Waals surface area contributed by atoms with E-state index in [1.54, 1.807) is 11.1 Å². The van der Waals surface area contributed by atoms with Crippen molar-refractivity contribution in [2.45, 2.75) is 165 Å². The predicted molar refractivity (Wildman–Crippen MR) is 218 cm³/mol. The summed E-state index contributed by atoms with van der Waals surface area (Å²) in [5.41, 5.74) is 14.2. The second-order valence-electron chi connectivity index (χ2n) is 15.9. The SMILES string of the molecule is CCC/C1=C/CC/C(COC(C)c2cccc(CCC(O)/C3=C(\C)C(C)/C(C)=C\C(C)/C(CC)=C\CCC3)c2)=C(/C)CC(C)/C(C)=C\C1CC. The number of hydrogen-bond donors (Lipinski definition) is 1. The van der Waals surface area contributed by atoms with E-state index in [2.05, 4.69) is 125 Å². The van der Waals surface area contributed by atoms with Crippen LogP contribution >= 0.6 is 0 Å². The highest BCUT2D eigenvalue weighted by molar-refractivity contribution is 5.30. The van der Waals surface area contributed by atoms with Crippen LogP contribution in [0.1, 0.15) is 164 Å². The molecular formula is C48H74O2. The van der Waals surface area contributed by atoms with Crippen LogP contribution in [-0.2, 0) is 11.2 Å². The normalized spacial score (nSPS) is 31.8. The van der Waals surface area contributed by atoms with Gasteiger partial charge in [0.15, 0.2) is 0 Å². The molecule has 0 heterocycles. The van der Waals surface area contributed by atoms with Gasteiger partial charge in [-0.1, -0.05) is 130 Å². The highest BCUT2D eigenvalue weighted by Gasteiger charge is 2.21. The van der Waals surface area contributed by atoms with Crippen LogP contribution in [0.15, 0.2) is 93.2 Å². The number of aliphatic hydroxyl groups excluding tert-OH is 1. The largest absolute Gasteiger partial charge is 0.389 e. The monoisotopic (exact) mass is 683 g/mol. The molecule has 278 valence electrons. The Balaban J connectivity index is 1.70. The maximum absolute atomic E-state index is 11.6. The number of benzene rings is 1. The number of aliphatic hydroxyl groups is 1. The molecule has 0 bridgehead atoms. The summed E-state index contributed by atoms with van der Waals surface area (Å²) in [7, 11) is 0. The number of hydrogen-bond acceptors (Lipinski definition) is 2. The summed E-state index contributed by atoms with van der Waals surface area (Å²) in [6.45, 7) is 26.0. The summed E-state index contributed by atoms with van der Waals surface area (Å²) in [6, 6.07) is 8.90. The molecule has 2 aliphatic carbocycles. The van der Waals surface area contributed by atoms with Gasteiger partial charge in [0.2, 0.25) is 0 Å². The Labute approximate surface area is 309 Å². The lowest BCUT2D eigenvalue weighted by Gasteiger charge is -2.24. The Hall–Kier alpha value is -2.42. The molecular weight excluding hydrogens is 609 g/mol. The third-order valence-corrected chi connectivity index (χ3v) is 12.2. The summed E-state index contributed by atoms with van der Waals surface area (Å²) in [5, 5.41) is 11.6. The molecule has 0 fully saturated rings. The minimum atomic E-state index is -0.414. The van der Waals surface area contributed by atoms with Crippen molar-refractivity contribution in [1.29, 1.82) is 0 Å². The van der Waals surface area contributed by atoms with Gasteiger partial charge >= 0.3 is 0 Å². The minimum Gasteiger partial charge on any atom is -0.389 e. The van der Waals surface area contributed by atoms with Crippen LogP contribution in [0, 0.1) is 23.7 Å². The minimum absolute atomic E-state index is 0.0133. The van der Waals surface area contributed by atoms with Crippen LogP contribution in [0.4, 0.5) is 0 Å². The maximum Gasteiger partial charge on any atom is 0.0801 e. The number of ether oxygens (including phenoxy) is 1. The molecule has 0 aromatic heterocycles. The van der Waals surface area contributed by atoms with Crippen molar-refractivity contribution in [3.05, 3.63) is 104 Å². The van der Waals surface area contributed by atoms with Crippen molar-refractivity contribution in [2.24, 2.45) is 23.7 Å². The molecule has 0 saturated carbocycles. The second kappa shape index (κ2) is 21.2. The van der Waals surface area contributed by atoms with Gasteiger partial charge in [0.25, 0.3) is 0 Å². The molecule has 0 spiro atoms. The van der Waals surface area contributed by atoms with Gasteiger partial charge in [-0.3, -0.25) is 0 Å². The lowest BCUT2D eigenvalue weighted by atomic mass is 9.84. The van der Waals surface area contributed by atoms with E-state index < -0.39 is 6.10 Å². The lowest BCUT2D eigenvalue weighted by molar-refractivity contribution is 0.0815. The van der Waals surface area contributed by atoms with Gasteiger partial charge < -0.3 is 9.84 Å². The Kier molecular flexibility index (Phi) is 17.8. The Morgan fingerprint density at radius 2 is 1.62 bits per heavy atom. The zero-order valence-electron chi connectivity index (χ0n) is 34.1. The Morgan fingerprint density at radius 1 is 0.880 bits per heavy atom. The Morgan fingerprint density at radius 3 is 2.32 bits per heavy atom. The summed E-state index contributed by atoms with van der Waals surface area (Å²) < 4.78 is 6.65. The first-order chi connectivity index (χ1) is 23.9. The van der Waals surface area contributed by atoms with E-state index in [1.807, 2.05) is 0 Å². The van der Waals surface area contributed by atoms with Crippen molar-refractivity contribution >= 4 is 0 Å². The zero-order valence-corrected chi connectivity index (χ0v) is 34.1. The Bertz CT molecular complexity index is 1410. The fourth-order valence-corrected chi connectivity index (χ4v) is 8.23. The average Bonchev–Trinajstić information content (AvgIpc) is 3.13. The van der Waals surface area contributed by atoms with Gasteiger partial charge in [-0.15, -0.1) is 0 Å². The topological polar surface area (TPSA) is 29.5 Å². The van der Waals surface area contributed by atoms with E-state index in [1.165, 1.54) is 63.8 Å². The van der Waals surface area contributed by atoms with Crippen LogP contribution < -0.4 is 0 Å². The van der Waals surface area contributed by atoms with Crippen molar-refractivity contribution in [3.63, 3.8) is 0 Å². The van der Waals surface area contributed by atoms with Crippen molar-refractivity contribution in [1.82, 2.24) is 0 Å². The van der Waals surface area contributed by atoms with Crippen LogP contribution in [-0.4, -0.2) is 17.8 Å². The summed E-state index contributed by atoms with van der Waals surface area (Å²) in [4.78, 5) is 0. The standard InChI is InChI=1S/C48H74O2/c1-12-19-44-22-18-24-46(37(8)28-33(4)34(5)30-43(44)14-3)32-50-40(11)45-23-17-20-41(31-45)26-27-48(49)47-25-16-15-21-42(13-2)36(7)29-35(6)38(9)39(47)10/h17,20-23,29-31,33,36,38,40,43,48-49H,12-16,18-19,24-28,32H2,1-11H3/b34-30-,35-29-,42-21-,44-22-,46-37+,47-39+. The van der Waals surface area contributed by atoms with Gasteiger partial charge in [0, 0.05) is 0 Å². The van der Waals surface area contributed by atoms with Crippen LogP contribution in [0.5, 0.6) is 0 Å². The molecule has 2 nitrogen and oxygen atoms in total. The fraction of sp³-hybridized carbons (Fsp3) is 0.625. The molecule has 3 rings (SSSR count). The second-order valence-corrected chi connectivity index (χ2v) is 15.9. The quantitative estimate of drug-likeness (QED) is 0.222. The number of allylic oxidation sites excluding steroid dienone is 10. The molecule has 1 N–H and O–H groups in total. The first-order valence-corrected chi connectivity index (χ1v) is 20.4. The molecule has 2 aliphatic rings. The van der Waals surface area contributed by atoms with Gasteiger partial charge in [-0.2, -0.15) is 0 Å². The van der Waals surface area contributed by atoms with Gasteiger partial charge in [-0.05, 0) is 151 Å². The van der Waals surface area contributed by atoms with E-state index in [9.17, 15) is 5.11 Å². The van der Waals surface area contributed by atoms with Crippen molar-refractivity contribution in [3.8, 4) is 0 Å². The van der Waals surface area contributed by atoms with E-state index in [0.29, 0.717) is 30.3 Å². The maximum atomic E-state index is 11.6. The summed E-state index contributed by atoms with van der Waals surface area (Å²) in [5.74, 6) is 1.94. The van der Waals surface area contributed by atoms with E-state index in [4.69, 9.17) is 4.74 Å². The third-order valence-electron chi connectivity index (χ3n) is 12.2. The van der Waals surface area contributed by atoms with Crippen LogP contribution in [0.3, 0.4) is 0 Å². The van der Waals surface area contributed by atoms with Crippen LogP contribution in [0.2, 0.25) is 0 Å². The number of rotatable bonds is 12. The lowest BCUT2D eigenvalue weighted by Crippen LogP contribution is -2.16. The predicted octanol–water partition coefficient (Wildman–Crippen LogP) is 13.9.